The van der Waals surface area contributed by atoms with Crippen molar-refractivity contribution < 1.29 is 9.53 Å². The number of carbonyl (C=O) groups excluding carboxylic acids is 1. The van der Waals surface area contributed by atoms with Crippen LogP contribution in [0.2, 0.25) is 0 Å². The molecule has 0 aromatic heterocycles. The van der Waals surface area contributed by atoms with Crippen molar-refractivity contribution in [2.45, 2.75) is 19.0 Å². The van der Waals surface area contributed by atoms with Crippen LogP contribution in [0, 0.1) is 5.92 Å². The lowest BCUT2D eigenvalue weighted by molar-refractivity contribution is -0.0214. The van der Waals surface area contributed by atoms with Crippen LogP contribution in [0.5, 0.6) is 0 Å². The standard InChI is InChI=1S/C14H18N2O2.ClH/c1-14-10-15-7-12(14)9-18-13(17)16(14)8-11-5-3-2-4-6-11;/h2-6,12,15H,7-10H2,1H3;1H. The molecule has 0 radical (unpaired) electrons. The molecule has 3 rings (SSSR count). The molecule has 2 aliphatic heterocycles. The van der Waals surface area contributed by atoms with Crippen LogP contribution in [0.15, 0.2) is 30.3 Å². The number of fused-ring (bicyclic) bond motifs is 1. The van der Waals surface area contributed by atoms with Gasteiger partial charge in [0.1, 0.15) is 0 Å². The molecule has 1 N–H and O–H groups in total. The SMILES string of the molecule is CC12CNCC1COC(=O)N2Cc1ccccc1.Cl. The van der Waals surface area contributed by atoms with E-state index in [2.05, 4.69) is 12.2 Å². The first-order chi connectivity index (χ1) is 8.70. The monoisotopic (exact) mass is 282 g/mol. The Bertz CT molecular complexity index is 454. The number of benzene rings is 1. The molecule has 1 aromatic rings. The molecule has 0 saturated carbocycles. The summed E-state index contributed by atoms with van der Waals surface area (Å²) in [5.41, 5.74) is 1.02. The molecule has 2 saturated heterocycles. The van der Waals surface area contributed by atoms with Crippen molar-refractivity contribution >= 4 is 18.5 Å². The molecule has 0 spiro atoms. The van der Waals surface area contributed by atoms with Crippen molar-refractivity contribution in [3.05, 3.63) is 35.9 Å². The Labute approximate surface area is 119 Å². The van der Waals surface area contributed by atoms with Crippen LogP contribution in [0.4, 0.5) is 4.79 Å². The molecule has 1 amide bonds. The number of nitrogens with one attached hydrogen (secondary N) is 1. The summed E-state index contributed by atoms with van der Waals surface area (Å²) in [5.74, 6) is 0.388. The summed E-state index contributed by atoms with van der Waals surface area (Å²) >= 11 is 0. The van der Waals surface area contributed by atoms with Gasteiger partial charge in [-0.1, -0.05) is 30.3 Å². The van der Waals surface area contributed by atoms with E-state index < -0.39 is 0 Å². The Morgan fingerprint density at radius 1 is 1.42 bits per heavy atom. The molecule has 1 aromatic carbocycles. The topological polar surface area (TPSA) is 41.6 Å². The number of cyclic esters (lactones) is 1. The third kappa shape index (κ3) is 2.42. The van der Waals surface area contributed by atoms with Gasteiger partial charge in [0.25, 0.3) is 0 Å². The lowest BCUT2D eigenvalue weighted by atomic mass is 9.86. The number of rotatable bonds is 2. The van der Waals surface area contributed by atoms with Gasteiger partial charge in [-0.3, -0.25) is 4.90 Å². The van der Waals surface area contributed by atoms with Crippen LogP contribution in [0.3, 0.4) is 0 Å². The fourth-order valence-corrected chi connectivity index (χ4v) is 2.89. The van der Waals surface area contributed by atoms with Gasteiger partial charge in [0.15, 0.2) is 0 Å². The van der Waals surface area contributed by atoms with E-state index in [0.29, 0.717) is 19.1 Å². The summed E-state index contributed by atoms with van der Waals surface area (Å²) in [4.78, 5) is 13.9. The third-order valence-electron chi connectivity index (χ3n) is 4.18. The van der Waals surface area contributed by atoms with Crippen LogP contribution in [-0.2, 0) is 11.3 Å². The largest absolute Gasteiger partial charge is 0.449 e. The molecule has 0 aliphatic carbocycles. The molecular formula is C14H19ClN2O2. The number of ether oxygens (including phenoxy) is 1. The minimum atomic E-state index is -0.193. The average Bonchev–Trinajstić information content (AvgIpc) is 2.77. The second-order valence-corrected chi connectivity index (χ2v) is 5.33. The maximum Gasteiger partial charge on any atom is 0.410 e. The zero-order valence-electron chi connectivity index (χ0n) is 11.0. The second kappa shape index (κ2) is 5.39. The summed E-state index contributed by atoms with van der Waals surface area (Å²) in [6.07, 6.45) is -0.193. The Morgan fingerprint density at radius 3 is 2.89 bits per heavy atom. The van der Waals surface area contributed by atoms with Crippen molar-refractivity contribution in [2.24, 2.45) is 5.92 Å². The van der Waals surface area contributed by atoms with Crippen LogP contribution >= 0.6 is 12.4 Å². The van der Waals surface area contributed by atoms with Crippen LogP contribution < -0.4 is 5.32 Å². The molecule has 2 heterocycles. The van der Waals surface area contributed by atoms with E-state index in [1.54, 1.807) is 0 Å². The van der Waals surface area contributed by atoms with E-state index in [-0.39, 0.29) is 24.0 Å². The van der Waals surface area contributed by atoms with Gasteiger partial charge in [-0.25, -0.2) is 4.79 Å². The van der Waals surface area contributed by atoms with Crippen molar-refractivity contribution in [3.8, 4) is 0 Å². The number of amides is 1. The highest BCUT2D eigenvalue weighted by atomic mass is 35.5. The van der Waals surface area contributed by atoms with Crippen molar-refractivity contribution in [1.82, 2.24) is 10.2 Å². The van der Waals surface area contributed by atoms with E-state index in [1.165, 1.54) is 0 Å². The summed E-state index contributed by atoms with van der Waals surface area (Å²) in [6.45, 7) is 5.08. The molecular weight excluding hydrogens is 264 g/mol. The van der Waals surface area contributed by atoms with Gasteiger partial charge in [0.05, 0.1) is 12.1 Å². The van der Waals surface area contributed by atoms with Crippen LogP contribution in [0.1, 0.15) is 12.5 Å². The molecule has 19 heavy (non-hydrogen) atoms. The van der Waals surface area contributed by atoms with Gasteiger partial charge in [0, 0.05) is 25.6 Å². The lowest BCUT2D eigenvalue weighted by Crippen LogP contribution is -2.59. The fourth-order valence-electron chi connectivity index (χ4n) is 2.89. The van der Waals surface area contributed by atoms with Crippen LogP contribution in [0.25, 0.3) is 0 Å². The molecule has 2 aliphatic rings. The smallest absolute Gasteiger partial charge is 0.410 e. The van der Waals surface area contributed by atoms with Gasteiger partial charge in [0.2, 0.25) is 0 Å². The number of carbonyl (C=O) groups is 1. The maximum absolute atomic E-state index is 12.0. The van der Waals surface area contributed by atoms with E-state index in [9.17, 15) is 4.79 Å². The zero-order valence-corrected chi connectivity index (χ0v) is 11.8. The highest BCUT2D eigenvalue weighted by molar-refractivity contribution is 5.85. The Hall–Kier alpha value is -1.26. The fraction of sp³-hybridized carbons (Fsp3) is 0.500. The molecule has 2 fully saturated rings. The minimum absolute atomic E-state index is 0. The van der Waals surface area contributed by atoms with Gasteiger partial charge in [-0.15, -0.1) is 12.4 Å². The molecule has 2 unspecified atom stereocenters. The van der Waals surface area contributed by atoms with Crippen molar-refractivity contribution in [1.29, 1.82) is 0 Å². The van der Waals surface area contributed by atoms with Gasteiger partial charge in [-0.2, -0.15) is 0 Å². The maximum atomic E-state index is 12.0. The van der Waals surface area contributed by atoms with Gasteiger partial charge < -0.3 is 10.1 Å². The number of hydrogen-bond donors (Lipinski definition) is 1. The Balaban J connectivity index is 0.00000133. The minimum Gasteiger partial charge on any atom is -0.449 e. The summed E-state index contributed by atoms with van der Waals surface area (Å²) < 4.78 is 5.29. The van der Waals surface area contributed by atoms with E-state index in [4.69, 9.17) is 4.74 Å². The first-order valence-corrected chi connectivity index (χ1v) is 6.39. The van der Waals surface area contributed by atoms with Crippen molar-refractivity contribution in [2.75, 3.05) is 19.7 Å². The average molecular weight is 283 g/mol. The molecule has 104 valence electrons. The summed E-state index contributed by atoms with van der Waals surface area (Å²) in [7, 11) is 0. The third-order valence-corrected chi connectivity index (χ3v) is 4.18. The second-order valence-electron chi connectivity index (χ2n) is 5.33. The van der Waals surface area contributed by atoms with E-state index in [1.807, 2.05) is 35.2 Å². The summed E-state index contributed by atoms with van der Waals surface area (Å²) in [6, 6.07) is 10.1. The first kappa shape index (κ1) is 14.2. The van der Waals surface area contributed by atoms with E-state index in [0.717, 1.165) is 18.7 Å². The van der Waals surface area contributed by atoms with Gasteiger partial charge >= 0.3 is 6.09 Å². The van der Waals surface area contributed by atoms with Gasteiger partial charge in [-0.05, 0) is 12.5 Å². The molecule has 2 atom stereocenters. The number of halogens is 1. The number of nitrogens with zero attached hydrogens (tertiary/aromatic N) is 1. The van der Waals surface area contributed by atoms with Crippen LogP contribution in [-0.4, -0.2) is 36.2 Å². The Kier molecular flexibility index (Phi) is 4.02. The highest BCUT2D eigenvalue weighted by Crippen LogP contribution is 2.34. The number of hydrogen-bond acceptors (Lipinski definition) is 3. The first-order valence-electron chi connectivity index (χ1n) is 6.39. The molecule has 5 heteroatoms. The lowest BCUT2D eigenvalue weighted by Gasteiger charge is -2.45. The predicted octanol–water partition coefficient (Wildman–Crippen LogP) is 2.04. The summed E-state index contributed by atoms with van der Waals surface area (Å²) in [5, 5.41) is 3.37. The highest BCUT2D eigenvalue weighted by Gasteiger charge is 2.49. The van der Waals surface area contributed by atoms with E-state index >= 15 is 0 Å². The zero-order chi connectivity index (χ0) is 12.6. The predicted molar refractivity (Wildman–Crippen MR) is 75.3 cm³/mol. The normalized spacial score (nSPS) is 29.4. The Morgan fingerprint density at radius 2 is 2.16 bits per heavy atom. The molecule has 4 nitrogen and oxygen atoms in total. The quantitative estimate of drug-likeness (QED) is 0.903. The molecule has 0 bridgehead atoms. The van der Waals surface area contributed by atoms with Crippen molar-refractivity contribution in [3.63, 3.8) is 0 Å².